The maximum Gasteiger partial charge on any atom is 0.220 e. The van der Waals surface area contributed by atoms with Crippen molar-refractivity contribution in [1.82, 2.24) is 10.2 Å². The molecule has 1 aromatic rings. The predicted octanol–water partition coefficient (Wildman–Crippen LogP) is 5.05. The van der Waals surface area contributed by atoms with Gasteiger partial charge < -0.3 is 10.1 Å². The van der Waals surface area contributed by atoms with Gasteiger partial charge in [0.05, 0.1) is 13.2 Å². The summed E-state index contributed by atoms with van der Waals surface area (Å²) in [5.74, 6) is 2.37. The minimum absolute atomic E-state index is 0.198. The fraction of sp³-hybridized carbons (Fsp3) is 0.682. The monoisotopic (exact) mass is 422 g/mol. The average Bonchev–Trinajstić information content (AvgIpc) is 3.26. The van der Waals surface area contributed by atoms with Crippen molar-refractivity contribution in [2.45, 2.75) is 62.7 Å². The summed E-state index contributed by atoms with van der Waals surface area (Å²) in [6.07, 6.45) is 9.23. The lowest BCUT2D eigenvalue weighted by molar-refractivity contribution is -0.121. The molecule has 0 aliphatic carbocycles. The van der Waals surface area contributed by atoms with Crippen LogP contribution in [-0.2, 0) is 4.79 Å². The van der Waals surface area contributed by atoms with Crippen molar-refractivity contribution in [2.24, 2.45) is 0 Å². The molecule has 156 valence electrons. The van der Waals surface area contributed by atoms with Crippen LogP contribution >= 0.6 is 21.6 Å². The van der Waals surface area contributed by atoms with E-state index < -0.39 is 0 Å². The molecule has 0 aromatic heterocycles. The van der Waals surface area contributed by atoms with Crippen molar-refractivity contribution >= 4 is 27.5 Å². The number of rotatable bonds is 10. The second-order valence-corrected chi connectivity index (χ2v) is 10.6. The van der Waals surface area contributed by atoms with Crippen molar-refractivity contribution < 1.29 is 9.53 Å². The Hall–Kier alpha value is -0.850. The number of piperidine rings is 1. The highest BCUT2D eigenvalue weighted by atomic mass is 33.1. The Kier molecular flexibility index (Phi) is 9.35. The molecule has 3 rings (SSSR count). The molecule has 1 amide bonds. The SMILES string of the molecule is COc1ccc(C(CNC(=O)CCCCC2CCSS2)N2CCCCC2)cc1. The third-order valence-electron chi connectivity index (χ3n) is 5.73. The molecule has 0 radical (unpaired) electrons. The quantitative estimate of drug-likeness (QED) is 0.422. The molecule has 0 spiro atoms. The molecular weight excluding hydrogens is 388 g/mol. The van der Waals surface area contributed by atoms with E-state index in [0.29, 0.717) is 13.0 Å². The van der Waals surface area contributed by atoms with E-state index in [-0.39, 0.29) is 11.9 Å². The summed E-state index contributed by atoms with van der Waals surface area (Å²) >= 11 is 0. The summed E-state index contributed by atoms with van der Waals surface area (Å²) < 4.78 is 5.30. The summed E-state index contributed by atoms with van der Waals surface area (Å²) in [6, 6.07) is 8.58. The van der Waals surface area contributed by atoms with Gasteiger partial charge in [-0.05, 0) is 62.9 Å². The minimum Gasteiger partial charge on any atom is -0.497 e. The summed E-state index contributed by atoms with van der Waals surface area (Å²) in [4.78, 5) is 14.9. The van der Waals surface area contributed by atoms with Crippen LogP contribution in [0.5, 0.6) is 5.75 Å². The normalized spacial score (nSPS) is 21.4. The zero-order chi connectivity index (χ0) is 19.6. The van der Waals surface area contributed by atoms with E-state index in [1.165, 1.54) is 49.8 Å². The third kappa shape index (κ3) is 6.89. The van der Waals surface area contributed by atoms with Crippen LogP contribution < -0.4 is 10.1 Å². The first-order valence-electron chi connectivity index (χ1n) is 10.7. The van der Waals surface area contributed by atoms with Crippen LogP contribution in [0.1, 0.15) is 63.0 Å². The Labute approximate surface area is 177 Å². The van der Waals surface area contributed by atoms with Gasteiger partial charge in [-0.1, -0.05) is 46.6 Å². The highest BCUT2D eigenvalue weighted by Gasteiger charge is 2.23. The Morgan fingerprint density at radius 2 is 2.00 bits per heavy atom. The highest BCUT2D eigenvalue weighted by molar-refractivity contribution is 8.77. The maximum atomic E-state index is 12.4. The Morgan fingerprint density at radius 3 is 2.68 bits per heavy atom. The van der Waals surface area contributed by atoms with Crippen LogP contribution in [-0.4, -0.2) is 48.6 Å². The molecule has 2 saturated heterocycles. The van der Waals surface area contributed by atoms with Crippen molar-refractivity contribution in [3.05, 3.63) is 29.8 Å². The lowest BCUT2D eigenvalue weighted by atomic mass is 10.0. The van der Waals surface area contributed by atoms with Crippen molar-refractivity contribution in [3.63, 3.8) is 0 Å². The molecule has 1 aromatic carbocycles. The van der Waals surface area contributed by atoms with Gasteiger partial charge in [0.15, 0.2) is 0 Å². The van der Waals surface area contributed by atoms with E-state index in [0.717, 1.165) is 30.5 Å². The highest BCUT2D eigenvalue weighted by Crippen LogP contribution is 2.39. The molecule has 1 N–H and O–H groups in total. The molecule has 2 fully saturated rings. The molecular formula is C22H34N2O2S2. The van der Waals surface area contributed by atoms with Crippen LogP contribution in [0.2, 0.25) is 0 Å². The fourth-order valence-corrected chi connectivity index (χ4v) is 7.06. The number of nitrogens with zero attached hydrogens (tertiary/aromatic N) is 1. The number of ether oxygens (including phenoxy) is 1. The van der Waals surface area contributed by atoms with Gasteiger partial charge in [-0.15, -0.1) is 0 Å². The minimum atomic E-state index is 0.198. The standard InChI is InChI=1S/C22H34N2O2S2/c1-26-19-11-9-18(10-12-19)21(24-14-5-2-6-15-24)17-23-22(25)8-4-3-7-20-13-16-27-28-20/h9-12,20-21H,2-8,13-17H2,1H3,(H,23,25). The molecule has 28 heavy (non-hydrogen) atoms. The number of likely N-dealkylation sites (tertiary alicyclic amines) is 1. The van der Waals surface area contributed by atoms with Gasteiger partial charge in [0, 0.05) is 24.0 Å². The number of amides is 1. The number of hydrogen-bond donors (Lipinski definition) is 1. The number of benzene rings is 1. The molecule has 2 atom stereocenters. The van der Waals surface area contributed by atoms with E-state index in [1.54, 1.807) is 7.11 Å². The first kappa shape index (κ1) is 21.8. The number of hydrogen-bond acceptors (Lipinski definition) is 5. The third-order valence-corrected chi connectivity index (χ3v) is 8.74. The van der Waals surface area contributed by atoms with E-state index >= 15 is 0 Å². The molecule has 6 heteroatoms. The van der Waals surface area contributed by atoms with Crippen LogP contribution in [0.4, 0.5) is 0 Å². The Morgan fingerprint density at radius 1 is 1.21 bits per heavy atom. The number of nitrogens with one attached hydrogen (secondary N) is 1. The van der Waals surface area contributed by atoms with Crippen molar-refractivity contribution in [1.29, 1.82) is 0 Å². The molecule has 0 saturated carbocycles. The summed E-state index contributed by atoms with van der Waals surface area (Å²) in [7, 11) is 5.73. The lowest BCUT2D eigenvalue weighted by Crippen LogP contribution is -2.40. The van der Waals surface area contributed by atoms with Gasteiger partial charge in [0.25, 0.3) is 0 Å². The van der Waals surface area contributed by atoms with E-state index in [9.17, 15) is 4.79 Å². The first-order chi connectivity index (χ1) is 13.8. The second-order valence-electron chi connectivity index (χ2n) is 7.76. The maximum absolute atomic E-state index is 12.4. The number of carbonyl (C=O) groups excluding carboxylic acids is 1. The topological polar surface area (TPSA) is 41.6 Å². The largest absolute Gasteiger partial charge is 0.497 e. The van der Waals surface area contributed by atoms with Gasteiger partial charge in [-0.25, -0.2) is 0 Å². The number of unbranched alkanes of at least 4 members (excludes halogenated alkanes) is 1. The molecule has 4 nitrogen and oxygen atoms in total. The van der Waals surface area contributed by atoms with Crippen LogP contribution in [0, 0.1) is 0 Å². The van der Waals surface area contributed by atoms with Gasteiger partial charge in [0.1, 0.15) is 5.75 Å². The Bertz CT molecular complexity index is 585. The van der Waals surface area contributed by atoms with E-state index in [4.69, 9.17) is 4.74 Å². The smallest absolute Gasteiger partial charge is 0.220 e. The first-order valence-corrected chi connectivity index (χ1v) is 13.1. The fourth-order valence-electron chi connectivity index (χ4n) is 4.03. The van der Waals surface area contributed by atoms with Crippen LogP contribution in [0.15, 0.2) is 24.3 Å². The van der Waals surface area contributed by atoms with Crippen LogP contribution in [0.3, 0.4) is 0 Å². The van der Waals surface area contributed by atoms with Crippen molar-refractivity contribution in [3.8, 4) is 5.75 Å². The molecule has 2 aliphatic rings. The van der Waals surface area contributed by atoms with Gasteiger partial charge in [-0.3, -0.25) is 9.69 Å². The summed E-state index contributed by atoms with van der Waals surface area (Å²) in [5, 5.41) is 4.03. The molecule has 2 aliphatic heterocycles. The molecule has 2 heterocycles. The van der Waals surface area contributed by atoms with Gasteiger partial charge in [0.2, 0.25) is 5.91 Å². The zero-order valence-corrected chi connectivity index (χ0v) is 18.7. The number of carbonyl (C=O) groups is 1. The zero-order valence-electron chi connectivity index (χ0n) is 17.0. The van der Waals surface area contributed by atoms with Gasteiger partial charge in [-0.2, -0.15) is 0 Å². The van der Waals surface area contributed by atoms with Gasteiger partial charge >= 0.3 is 0 Å². The predicted molar refractivity (Wildman–Crippen MR) is 121 cm³/mol. The van der Waals surface area contributed by atoms with E-state index in [1.807, 2.05) is 33.7 Å². The van der Waals surface area contributed by atoms with Crippen molar-refractivity contribution in [2.75, 3.05) is 32.5 Å². The molecule has 2 unspecified atom stereocenters. The average molecular weight is 423 g/mol. The van der Waals surface area contributed by atoms with E-state index in [2.05, 4.69) is 22.3 Å². The van der Waals surface area contributed by atoms with Crippen LogP contribution in [0.25, 0.3) is 0 Å². The lowest BCUT2D eigenvalue weighted by Gasteiger charge is -2.35. The Balaban J connectivity index is 1.46. The second kappa shape index (κ2) is 12.0. The summed E-state index contributed by atoms with van der Waals surface area (Å²) in [6.45, 7) is 2.92. The summed E-state index contributed by atoms with van der Waals surface area (Å²) in [5.41, 5.74) is 1.26. The molecule has 0 bridgehead atoms. The number of methoxy groups -OCH3 is 1.